The van der Waals surface area contributed by atoms with Gasteiger partial charge in [0.05, 0.1) is 0 Å². The lowest BCUT2D eigenvalue weighted by molar-refractivity contribution is -0.131. The topological polar surface area (TPSA) is 95.7 Å². The first-order valence-electron chi connectivity index (χ1n) is 4.19. The van der Waals surface area contributed by atoms with Crippen molar-refractivity contribution in [3.05, 3.63) is 34.6 Å². The van der Waals surface area contributed by atoms with Gasteiger partial charge in [-0.3, -0.25) is 4.79 Å². The van der Waals surface area contributed by atoms with Crippen LogP contribution < -0.4 is 5.73 Å². The molecule has 2 N–H and O–H groups in total. The van der Waals surface area contributed by atoms with E-state index in [1.165, 1.54) is 10.8 Å². The van der Waals surface area contributed by atoms with Crippen LogP contribution in [0.5, 0.6) is 0 Å². The zero-order chi connectivity index (χ0) is 11.8. The number of hydrogen-bond donors (Lipinski definition) is 1. The standard InChI is InChI=1S/C9H7NO5S/c10-8(12)6-5-7(11)14-16(15-9(6)13)3-1-2-4-16/h1-5H,(H2,10,12). The van der Waals surface area contributed by atoms with Gasteiger partial charge in [-0.15, -0.1) is 0 Å². The minimum Gasteiger partial charge on any atom is -0.365 e. The number of amides is 1. The number of nitrogens with two attached hydrogens (primary N) is 1. The van der Waals surface area contributed by atoms with E-state index in [1.807, 2.05) is 0 Å². The van der Waals surface area contributed by atoms with Crippen LogP contribution >= 0.6 is 10.6 Å². The Balaban J connectivity index is 2.37. The lowest BCUT2D eigenvalue weighted by Gasteiger charge is -2.31. The second-order valence-electron chi connectivity index (χ2n) is 2.94. The molecule has 0 aromatic carbocycles. The minimum atomic E-state index is -2.48. The zero-order valence-electron chi connectivity index (χ0n) is 7.91. The molecule has 0 unspecified atom stereocenters. The average molecular weight is 241 g/mol. The van der Waals surface area contributed by atoms with Gasteiger partial charge in [0.15, 0.2) is 0 Å². The van der Waals surface area contributed by atoms with E-state index in [2.05, 4.69) is 0 Å². The summed E-state index contributed by atoms with van der Waals surface area (Å²) in [6, 6.07) is 0. The molecule has 1 amide bonds. The first-order valence-corrected chi connectivity index (χ1v) is 5.80. The summed E-state index contributed by atoms with van der Waals surface area (Å²) in [6.45, 7) is 0. The van der Waals surface area contributed by atoms with E-state index in [1.54, 1.807) is 12.2 Å². The first-order chi connectivity index (χ1) is 7.52. The van der Waals surface area contributed by atoms with Gasteiger partial charge in [-0.1, -0.05) is 10.6 Å². The molecular formula is C9H7NO5S. The van der Waals surface area contributed by atoms with Crippen LogP contribution in [0, 0.1) is 0 Å². The Labute approximate surface area is 92.1 Å². The molecule has 2 aliphatic rings. The predicted octanol–water partition coefficient (Wildman–Crippen LogP) is 0.174. The van der Waals surface area contributed by atoms with Crippen molar-refractivity contribution < 1.29 is 22.7 Å². The minimum absolute atomic E-state index is 0.511. The number of rotatable bonds is 1. The third-order valence-corrected chi connectivity index (χ3v) is 3.72. The highest BCUT2D eigenvalue weighted by Crippen LogP contribution is 2.57. The van der Waals surface area contributed by atoms with Gasteiger partial charge < -0.3 is 14.1 Å². The van der Waals surface area contributed by atoms with Crippen LogP contribution in [0.3, 0.4) is 0 Å². The van der Waals surface area contributed by atoms with Gasteiger partial charge in [-0.25, -0.2) is 9.59 Å². The van der Waals surface area contributed by atoms with E-state index in [0.717, 1.165) is 6.08 Å². The maximum absolute atomic E-state index is 11.5. The van der Waals surface area contributed by atoms with Crippen molar-refractivity contribution in [2.75, 3.05) is 0 Å². The van der Waals surface area contributed by atoms with E-state index in [0.29, 0.717) is 0 Å². The van der Waals surface area contributed by atoms with Gasteiger partial charge >= 0.3 is 11.9 Å². The molecular weight excluding hydrogens is 234 g/mol. The molecule has 0 aliphatic carbocycles. The summed E-state index contributed by atoms with van der Waals surface area (Å²) in [5.41, 5.74) is 4.42. The molecule has 0 aromatic heterocycles. The van der Waals surface area contributed by atoms with Crippen molar-refractivity contribution in [1.29, 1.82) is 0 Å². The molecule has 0 fully saturated rings. The summed E-state index contributed by atoms with van der Waals surface area (Å²) in [5.74, 6) is -2.81. The summed E-state index contributed by atoms with van der Waals surface area (Å²) in [7, 11) is -2.48. The third-order valence-electron chi connectivity index (χ3n) is 1.81. The fraction of sp³-hybridized carbons (Fsp3) is 0. The predicted molar refractivity (Wildman–Crippen MR) is 55.3 cm³/mol. The maximum Gasteiger partial charge on any atom is 0.367 e. The molecule has 0 aromatic rings. The molecule has 0 bridgehead atoms. The van der Waals surface area contributed by atoms with Gasteiger partial charge in [0.25, 0.3) is 5.91 Å². The fourth-order valence-corrected chi connectivity index (χ4v) is 2.75. The molecule has 2 rings (SSSR count). The normalized spacial score (nSPS) is 23.4. The van der Waals surface area contributed by atoms with Gasteiger partial charge in [-0.05, 0) is 12.2 Å². The van der Waals surface area contributed by atoms with Crippen molar-refractivity contribution in [1.82, 2.24) is 0 Å². The van der Waals surface area contributed by atoms with Crippen LogP contribution in [0.2, 0.25) is 0 Å². The van der Waals surface area contributed by atoms with E-state index in [-0.39, 0.29) is 0 Å². The molecule has 2 aliphatic heterocycles. The number of hydrogen-bond acceptors (Lipinski definition) is 5. The zero-order valence-corrected chi connectivity index (χ0v) is 8.73. The second kappa shape index (κ2) is 3.53. The Morgan fingerprint density at radius 2 is 1.81 bits per heavy atom. The van der Waals surface area contributed by atoms with Crippen LogP contribution in [-0.4, -0.2) is 17.8 Å². The van der Waals surface area contributed by atoms with E-state index >= 15 is 0 Å². The Hall–Kier alpha value is -2.02. The van der Waals surface area contributed by atoms with Crippen molar-refractivity contribution >= 4 is 28.4 Å². The molecule has 0 saturated heterocycles. The quantitative estimate of drug-likeness (QED) is 0.660. The number of carbonyl (C=O) groups excluding carboxylic acids is 3. The van der Waals surface area contributed by atoms with Crippen molar-refractivity contribution in [3.63, 3.8) is 0 Å². The van der Waals surface area contributed by atoms with Gasteiger partial charge in [0.2, 0.25) is 0 Å². The molecule has 16 heavy (non-hydrogen) atoms. The molecule has 84 valence electrons. The highest BCUT2D eigenvalue weighted by atomic mass is 32.3. The number of primary amides is 1. The summed E-state index contributed by atoms with van der Waals surface area (Å²) in [4.78, 5) is 33.7. The number of allylic oxidation sites excluding steroid dienone is 2. The van der Waals surface area contributed by atoms with E-state index in [4.69, 9.17) is 14.1 Å². The second-order valence-corrected chi connectivity index (χ2v) is 5.00. The van der Waals surface area contributed by atoms with E-state index < -0.39 is 34.0 Å². The molecule has 2 heterocycles. The average Bonchev–Trinajstić information content (AvgIpc) is 2.56. The number of carbonyl (C=O) groups is 3. The summed E-state index contributed by atoms with van der Waals surface area (Å²) in [6.07, 6.45) is 3.92. The molecule has 0 atom stereocenters. The first kappa shape index (κ1) is 10.5. The van der Waals surface area contributed by atoms with Crippen LogP contribution in [0.4, 0.5) is 0 Å². The monoisotopic (exact) mass is 241 g/mol. The highest BCUT2D eigenvalue weighted by molar-refractivity contribution is 8.31. The van der Waals surface area contributed by atoms with Gasteiger partial charge in [-0.2, -0.15) is 0 Å². The van der Waals surface area contributed by atoms with E-state index in [9.17, 15) is 14.4 Å². The van der Waals surface area contributed by atoms with Crippen LogP contribution in [0.25, 0.3) is 0 Å². The SMILES string of the molecule is NC(=O)C1=CC(=O)OS2(C=CC=C2)OC1=O. The van der Waals surface area contributed by atoms with Crippen molar-refractivity contribution in [3.8, 4) is 0 Å². The molecule has 1 spiro atoms. The highest BCUT2D eigenvalue weighted by Gasteiger charge is 2.33. The Kier molecular flexibility index (Phi) is 2.31. The Bertz CT molecular complexity index is 464. The third kappa shape index (κ3) is 1.72. The Morgan fingerprint density at radius 3 is 2.38 bits per heavy atom. The van der Waals surface area contributed by atoms with Gasteiger partial charge in [0.1, 0.15) is 5.57 Å². The van der Waals surface area contributed by atoms with Crippen LogP contribution in [-0.2, 0) is 22.7 Å². The fourth-order valence-electron chi connectivity index (χ4n) is 1.15. The van der Waals surface area contributed by atoms with Crippen LogP contribution in [0.15, 0.2) is 34.6 Å². The lowest BCUT2D eigenvalue weighted by Crippen LogP contribution is -2.21. The summed E-state index contributed by atoms with van der Waals surface area (Å²) in [5, 5.41) is 2.92. The summed E-state index contributed by atoms with van der Waals surface area (Å²) >= 11 is 0. The molecule has 7 heteroatoms. The van der Waals surface area contributed by atoms with Crippen molar-refractivity contribution in [2.45, 2.75) is 0 Å². The molecule has 0 radical (unpaired) electrons. The smallest absolute Gasteiger partial charge is 0.365 e. The largest absolute Gasteiger partial charge is 0.367 e. The van der Waals surface area contributed by atoms with Gasteiger partial charge in [0, 0.05) is 16.9 Å². The Morgan fingerprint density at radius 1 is 1.19 bits per heavy atom. The summed E-state index contributed by atoms with van der Waals surface area (Å²) < 4.78 is 9.92. The lowest BCUT2D eigenvalue weighted by atomic mass is 10.2. The van der Waals surface area contributed by atoms with Crippen LogP contribution in [0.1, 0.15) is 0 Å². The molecule has 0 saturated carbocycles. The molecule has 6 nitrogen and oxygen atoms in total. The maximum atomic E-state index is 11.5. The van der Waals surface area contributed by atoms with Crippen molar-refractivity contribution in [2.24, 2.45) is 5.73 Å².